The standard InChI is InChI=1S/C15H23NO/c1-11-3-8-15(17-2)13(9-11)10-12-4-6-14(16)7-5-12/h3,8-9,12,14H,4-7,10,16H2,1-2H3. The average molecular weight is 233 g/mol. The number of nitrogens with two attached hydrogens (primary N) is 1. The minimum Gasteiger partial charge on any atom is -0.496 e. The van der Waals surface area contributed by atoms with Gasteiger partial charge in [-0.2, -0.15) is 0 Å². The SMILES string of the molecule is COc1ccc(C)cc1CC1CCC(N)CC1. The highest BCUT2D eigenvalue weighted by molar-refractivity contribution is 5.37. The molecule has 1 aliphatic rings. The van der Waals surface area contributed by atoms with Crippen molar-refractivity contribution in [2.45, 2.75) is 45.1 Å². The molecular formula is C15H23NO. The molecule has 0 heterocycles. The maximum Gasteiger partial charge on any atom is 0.122 e. The van der Waals surface area contributed by atoms with Gasteiger partial charge in [-0.25, -0.2) is 0 Å². The van der Waals surface area contributed by atoms with E-state index in [0.717, 1.165) is 18.1 Å². The molecule has 2 N–H and O–H groups in total. The minimum atomic E-state index is 0.436. The van der Waals surface area contributed by atoms with E-state index in [9.17, 15) is 0 Å². The first-order valence-corrected chi connectivity index (χ1v) is 6.58. The lowest BCUT2D eigenvalue weighted by Gasteiger charge is -2.26. The molecule has 1 aliphatic carbocycles. The van der Waals surface area contributed by atoms with Crippen LogP contribution in [0.2, 0.25) is 0 Å². The van der Waals surface area contributed by atoms with Crippen molar-refractivity contribution >= 4 is 0 Å². The monoisotopic (exact) mass is 233 g/mol. The van der Waals surface area contributed by atoms with Gasteiger partial charge in [-0.3, -0.25) is 0 Å². The molecule has 0 bridgehead atoms. The predicted octanol–water partition coefficient (Wildman–Crippen LogP) is 3.06. The van der Waals surface area contributed by atoms with Crippen molar-refractivity contribution in [2.24, 2.45) is 11.7 Å². The molecule has 0 amide bonds. The number of methoxy groups -OCH3 is 1. The third kappa shape index (κ3) is 3.22. The number of aryl methyl sites for hydroxylation is 1. The maximum absolute atomic E-state index is 5.95. The summed E-state index contributed by atoms with van der Waals surface area (Å²) < 4.78 is 5.44. The molecule has 0 unspecified atom stereocenters. The van der Waals surface area contributed by atoms with E-state index in [-0.39, 0.29) is 0 Å². The van der Waals surface area contributed by atoms with Gasteiger partial charge in [-0.1, -0.05) is 17.7 Å². The maximum atomic E-state index is 5.95. The zero-order chi connectivity index (χ0) is 12.3. The molecule has 1 aromatic rings. The van der Waals surface area contributed by atoms with Crippen molar-refractivity contribution in [2.75, 3.05) is 7.11 Å². The Balaban J connectivity index is 2.04. The molecule has 1 aromatic carbocycles. The third-order valence-electron chi connectivity index (χ3n) is 3.84. The van der Waals surface area contributed by atoms with Gasteiger partial charge in [-0.15, -0.1) is 0 Å². The van der Waals surface area contributed by atoms with Gasteiger partial charge in [0.15, 0.2) is 0 Å². The second-order valence-electron chi connectivity index (χ2n) is 5.30. The van der Waals surface area contributed by atoms with Gasteiger partial charge >= 0.3 is 0 Å². The summed E-state index contributed by atoms with van der Waals surface area (Å²) in [6.45, 7) is 2.14. The molecule has 0 spiro atoms. The van der Waals surface area contributed by atoms with Crippen molar-refractivity contribution < 1.29 is 4.74 Å². The minimum absolute atomic E-state index is 0.436. The van der Waals surface area contributed by atoms with E-state index < -0.39 is 0 Å². The van der Waals surface area contributed by atoms with Crippen LogP contribution in [0.25, 0.3) is 0 Å². The summed E-state index contributed by atoms with van der Waals surface area (Å²) in [6.07, 6.45) is 6.02. The molecule has 1 fully saturated rings. The van der Waals surface area contributed by atoms with E-state index in [4.69, 9.17) is 10.5 Å². The molecule has 0 saturated heterocycles. The molecule has 1 saturated carbocycles. The van der Waals surface area contributed by atoms with Crippen molar-refractivity contribution in [3.63, 3.8) is 0 Å². The Hall–Kier alpha value is -1.02. The highest BCUT2D eigenvalue weighted by Crippen LogP contribution is 2.30. The van der Waals surface area contributed by atoms with Crippen LogP contribution in [0.3, 0.4) is 0 Å². The van der Waals surface area contributed by atoms with E-state index >= 15 is 0 Å². The number of ether oxygens (including phenoxy) is 1. The fourth-order valence-corrected chi connectivity index (χ4v) is 2.77. The van der Waals surface area contributed by atoms with Crippen LogP contribution in [-0.4, -0.2) is 13.2 Å². The quantitative estimate of drug-likeness (QED) is 0.871. The molecule has 2 rings (SSSR count). The molecule has 0 aliphatic heterocycles. The highest BCUT2D eigenvalue weighted by atomic mass is 16.5. The Kier molecular flexibility index (Phi) is 4.06. The summed E-state index contributed by atoms with van der Waals surface area (Å²) in [5.41, 5.74) is 8.61. The second-order valence-corrected chi connectivity index (χ2v) is 5.30. The summed E-state index contributed by atoms with van der Waals surface area (Å²) in [5.74, 6) is 1.82. The Bertz CT molecular complexity index is 367. The number of hydrogen-bond acceptors (Lipinski definition) is 2. The van der Waals surface area contributed by atoms with Crippen molar-refractivity contribution in [3.05, 3.63) is 29.3 Å². The molecule has 0 radical (unpaired) electrons. The average Bonchev–Trinajstić information content (AvgIpc) is 2.32. The summed E-state index contributed by atoms with van der Waals surface area (Å²) in [7, 11) is 1.75. The van der Waals surface area contributed by atoms with Crippen molar-refractivity contribution in [1.82, 2.24) is 0 Å². The molecule has 94 valence electrons. The lowest BCUT2D eigenvalue weighted by molar-refractivity contribution is 0.320. The van der Waals surface area contributed by atoms with E-state index in [1.165, 1.54) is 36.8 Å². The van der Waals surface area contributed by atoms with Gasteiger partial charge in [0.25, 0.3) is 0 Å². The summed E-state index contributed by atoms with van der Waals surface area (Å²) in [4.78, 5) is 0. The van der Waals surface area contributed by atoms with Gasteiger partial charge in [0.1, 0.15) is 5.75 Å². The molecule has 17 heavy (non-hydrogen) atoms. The molecule has 2 heteroatoms. The van der Waals surface area contributed by atoms with E-state index in [1.807, 2.05) is 0 Å². The van der Waals surface area contributed by atoms with Crippen LogP contribution >= 0.6 is 0 Å². The first-order chi connectivity index (χ1) is 8.19. The number of benzene rings is 1. The third-order valence-corrected chi connectivity index (χ3v) is 3.84. The topological polar surface area (TPSA) is 35.2 Å². The normalized spacial score (nSPS) is 24.6. The molecule has 2 nitrogen and oxygen atoms in total. The van der Waals surface area contributed by atoms with Crippen LogP contribution in [-0.2, 0) is 6.42 Å². The van der Waals surface area contributed by atoms with Gasteiger partial charge in [0, 0.05) is 6.04 Å². The van der Waals surface area contributed by atoms with Crippen molar-refractivity contribution in [3.8, 4) is 5.75 Å². The van der Waals surface area contributed by atoms with E-state index in [1.54, 1.807) is 7.11 Å². The zero-order valence-corrected chi connectivity index (χ0v) is 10.9. The summed E-state index contributed by atoms with van der Waals surface area (Å²) in [6, 6.07) is 6.89. The lowest BCUT2D eigenvalue weighted by Crippen LogP contribution is -2.27. The zero-order valence-electron chi connectivity index (χ0n) is 10.9. The number of rotatable bonds is 3. The smallest absolute Gasteiger partial charge is 0.122 e. The van der Waals surface area contributed by atoms with Gasteiger partial charge in [0.2, 0.25) is 0 Å². The first-order valence-electron chi connectivity index (χ1n) is 6.58. The molecule has 0 atom stereocenters. The van der Waals surface area contributed by atoms with Gasteiger partial charge in [0.05, 0.1) is 7.11 Å². The Morgan fingerprint density at radius 1 is 1.24 bits per heavy atom. The summed E-state index contributed by atoms with van der Waals surface area (Å²) >= 11 is 0. The van der Waals surface area contributed by atoms with Crippen LogP contribution in [0.1, 0.15) is 36.8 Å². The summed E-state index contributed by atoms with van der Waals surface area (Å²) in [5, 5.41) is 0. The van der Waals surface area contributed by atoms with Crippen LogP contribution < -0.4 is 10.5 Å². The predicted molar refractivity (Wildman–Crippen MR) is 71.4 cm³/mol. The van der Waals surface area contributed by atoms with Crippen molar-refractivity contribution in [1.29, 1.82) is 0 Å². The molecular weight excluding hydrogens is 210 g/mol. The Labute approximate surface area is 104 Å². The fourth-order valence-electron chi connectivity index (χ4n) is 2.77. The second kappa shape index (κ2) is 5.54. The lowest BCUT2D eigenvalue weighted by atomic mass is 9.82. The molecule has 0 aromatic heterocycles. The van der Waals surface area contributed by atoms with Gasteiger partial charge < -0.3 is 10.5 Å². The largest absolute Gasteiger partial charge is 0.496 e. The van der Waals surface area contributed by atoms with Crippen LogP contribution in [0.15, 0.2) is 18.2 Å². The van der Waals surface area contributed by atoms with E-state index in [2.05, 4.69) is 25.1 Å². The van der Waals surface area contributed by atoms with Gasteiger partial charge in [-0.05, 0) is 56.6 Å². The highest BCUT2D eigenvalue weighted by Gasteiger charge is 2.19. The Morgan fingerprint density at radius 2 is 1.94 bits per heavy atom. The number of hydrogen-bond donors (Lipinski definition) is 1. The Morgan fingerprint density at radius 3 is 2.59 bits per heavy atom. The van der Waals surface area contributed by atoms with Crippen LogP contribution in [0, 0.1) is 12.8 Å². The van der Waals surface area contributed by atoms with Crippen LogP contribution in [0.4, 0.5) is 0 Å². The van der Waals surface area contributed by atoms with E-state index in [0.29, 0.717) is 6.04 Å². The first kappa shape index (κ1) is 12.4. The van der Waals surface area contributed by atoms with Crippen LogP contribution in [0.5, 0.6) is 5.75 Å². The fraction of sp³-hybridized carbons (Fsp3) is 0.600.